The fraction of sp³-hybridized carbons (Fsp3) is 0.542. The van der Waals surface area contributed by atoms with Crippen LogP contribution in [0.3, 0.4) is 0 Å². The van der Waals surface area contributed by atoms with Crippen molar-refractivity contribution in [2.75, 3.05) is 5.32 Å². The number of anilines is 1. The molecule has 0 radical (unpaired) electrons. The quantitative estimate of drug-likeness (QED) is 0.570. The van der Waals surface area contributed by atoms with Crippen molar-refractivity contribution in [1.82, 2.24) is 4.72 Å². The fourth-order valence-electron chi connectivity index (χ4n) is 5.09. The number of amides is 2. The Morgan fingerprint density at radius 3 is 2.45 bits per heavy atom. The van der Waals surface area contributed by atoms with Gasteiger partial charge in [0.05, 0.1) is 5.60 Å². The number of urea groups is 1. The van der Waals surface area contributed by atoms with Crippen LogP contribution >= 0.6 is 0 Å². The van der Waals surface area contributed by atoms with Crippen molar-refractivity contribution < 1.29 is 18.5 Å². The highest BCUT2D eigenvalue weighted by Gasteiger charge is 2.49. The van der Waals surface area contributed by atoms with Crippen molar-refractivity contribution >= 4 is 22.7 Å². The number of nitrogens with one attached hydrogen (secondary N) is 2. The number of fused-ring (bicyclic) bond motifs is 4. The van der Waals surface area contributed by atoms with Crippen LogP contribution in [0.2, 0.25) is 0 Å². The molecule has 6 nitrogen and oxygen atoms in total. The first-order chi connectivity index (χ1) is 14.6. The fourth-order valence-corrected chi connectivity index (χ4v) is 5.80. The summed E-state index contributed by atoms with van der Waals surface area (Å²) in [4.78, 5) is 12.7. The van der Waals surface area contributed by atoms with Gasteiger partial charge in [0.1, 0.15) is 5.76 Å². The van der Waals surface area contributed by atoms with Crippen LogP contribution in [0.4, 0.5) is 10.5 Å². The predicted molar refractivity (Wildman–Crippen MR) is 122 cm³/mol. The van der Waals surface area contributed by atoms with Gasteiger partial charge >= 0.3 is 6.03 Å². The molecule has 1 saturated carbocycles. The highest BCUT2D eigenvalue weighted by molar-refractivity contribution is 7.83. The summed E-state index contributed by atoms with van der Waals surface area (Å²) in [6, 6.07) is 7.11. The van der Waals surface area contributed by atoms with Crippen LogP contribution in [0.5, 0.6) is 0 Å². The molecule has 4 rings (SSSR count). The van der Waals surface area contributed by atoms with Crippen molar-refractivity contribution in [3.8, 4) is 0 Å². The lowest BCUT2D eigenvalue weighted by atomic mass is 9.76. The summed E-state index contributed by atoms with van der Waals surface area (Å²) in [6.07, 6.45) is 2.82. The zero-order valence-corrected chi connectivity index (χ0v) is 19.6. The van der Waals surface area contributed by atoms with Crippen molar-refractivity contribution in [2.45, 2.75) is 82.3 Å². The van der Waals surface area contributed by atoms with Gasteiger partial charge in [0.2, 0.25) is 5.09 Å². The second kappa shape index (κ2) is 8.10. The van der Waals surface area contributed by atoms with Crippen molar-refractivity contribution in [3.63, 3.8) is 0 Å². The molecule has 2 amide bonds. The van der Waals surface area contributed by atoms with Crippen LogP contribution in [-0.2, 0) is 16.6 Å². The summed E-state index contributed by atoms with van der Waals surface area (Å²) in [6.45, 7) is 10.1. The van der Waals surface area contributed by atoms with E-state index in [4.69, 9.17) is 4.42 Å². The molecule has 31 heavy (non-hydrogen) atoms. The molecule has 7 heteroatoms. The second-order valence-electron chi connectivity index (χ2n) is 9.64. The van der Waals surface area contributed by atoms with E-state index in [1.165, 1.54) is 0 Å². The van der Waals surface area contributed by atoms with Gasteiger partial charge in [-0.2, -0.15) is 0 Å². The lowest BCUT2D eigenvalue weighted by Gasteiger charge is -2.33. The summed E-state index contributed by atoms with van der Waals surface area (Å²) >= 11 is 0. The minimum Gasteiger partial charge on any atom is -0.450 e. The van der Waals surface area contributed by atoms with Gasteiger partial charge in [-0.15, -0.1) is 0 Å². The molecule has 2 bridgehead atoms. The number of furan rings is 1. The standard InChI is InChI=1S/C24H32N2O4S/c1-13(2)17-7-6-8-18(14(3)4)21(17)25-23(27)26-31(29)20-12-19-22(30-20)15-9-10-16(11-15)24(19,5)28/h6-8,12-16,28H,9-11H2,1-5H3,(H2,25,26,27). The molecule has 168 valence electrons. The monoisotopic (exact) mass is 444 g/mol. The Bertz CT molecular complexity index is 998. The van der Waals surface area contributed by atoms with Gasteiger partial charge in [-0.05, 0) is 55.1 Å². The predicted octanol–water partition coefficient (Wildman–Crippen LogP) is 5.48. The van der Waals surface area contributed by atoms with E-state index < -0.39 is 22.6 Å². The molecule has 2 aromatic rings. The SMILES string of the molecule is CC(C)c1cccc(C(C)C)c1NC(=O)NS(=O)c1cc2c(o1)C1CCC(C1)C2(C)O. The average Bonchev–Trinajstić information content (AvgIpc) is 3.34. The average molecular weight is 445 g/mol. The van der Waals surface area contributed by atoms with Gasteiger partial charge in [0, 0.05) is 23.2 Å². The van der Waals surface area contributed by atoms with E-state index >= 15 is 0 Å². The number of rotatable bonds is 5. The largest absolute Gasteiger partial charge is 0.450 e. The Balaban J connectivity index is 1.54. The van der Waals surface area contributed by atoms with E-state index in [1.807, 2.05) is 18.2 Å². The van der Waals surface area contributed by atoms with Crippen molar-refractivity contribution in [1.29, 1.82) is 0 Å². The molecule has 1 aromatic heterocycles. The summed E-state index contributed by atoms with van der Waals surface area (Å²) in [7, 11) is -1.86. The maximum atomic E-state index is 12.9. The lowest BCUT2D eigenvalue weighted by molar-refractivity contribution is -0.0115. The number of benzene rings is 1. The molecule has 0 saturated heterocycles. The molecule has 2 aliphatic carbocycles. The first kappa shape index (κ1) is 22.1. The molecule has 4 unspecified atom stereocenters. The maximum Gasteiger partial charge on any atom is 0.331 e. The minimum absolute atomic E-state index is 0.175. The third kappa shape index (κ3) is 3.94. The van der Waals surface area contributed by atoms with Gasteiger partial charge in [-0.25, -0.2) is 13.7 Å². The molecule has 3 N–H and O–H groups in total. The van der Waals surface area contributed by atoms with Crippen LogP contribution < -0.4 is 10.0 Å². The molecular formula is C24H32N2O4S. The molecule has 0 spiro atoms. The van der Waals surface area contributed by atoms with Gasteiger partial charge in [-0.3, -0.25) is 0 Å². The second-order valence-corrected chi connectivity index (χ2v) is 10.8. The first-order valence-corrected chi connectivity index (χ1v) is 12.2. The van der Waals surface area contributed by atoms with E-state index in [0.717, 1.165) is 41.8 Å². The third-order valence-electron chi connectivity index (χ3n) is 6.86. The topological polar surface area (TPSA) is 91.6 Å². The number of hydrogen-bond acceptors (Lipinski definition) is 4. The molecular weight excluding hydrogens is 412 g/mol. The van der Waals surface area contributed by atoms with Crippen LogP contribution in [0, 0.1) is 5.92 Å². The Morgan fingerprint density at radius 2 is 1.84 bits per heavy atom. The number of aliphatic hydroxyl groups is 1. The van der Waals surface area contributed by atoms with E-state index in [1.54, 1.807) is 13.0 Å². The third-order valence-corrected chi connectivity index (χ3v) is 7.80. The Labute approximate surface area is 186 Å². The van der Waals surface area contributed by atoms with Crippen LogP contribution in [0.15, 0.2) is 33.8 Å². The summed E-state index contributed by atoms with van der Waals surface area (Å²) in [5.41, 5.74) is 2.56. The summed E-state index contributed by atoms with van der Waals surface area (Å²) in [5.74, 6) is 1.63. The number of hydrogen-bond donors (Lipinski definition) is 3. The van der Waals surface area contributed by atoms with Crippen molar-refractivity contribution in [2.24, 2.45) is 5.92 Å². The van der Waals surface area contributed by atoms with Crippen molar-refractivity contribution in [3.05, 3.63) is 46.7 Å². The lowest BCUT2D eigenvalue weighted by Crippen LogP contribution is -2.33. The summed E-state index contributed by atoms with van der Waals surface area (Å²) in [5, 5.41) is 14.1. The first-order valence-electron chi connectivity index (χ1n) is 11.1. The van der Waals surface area contributed by atoms with Gasteiger partial charge < -0.3 is 14.8 Å². The zero-order chi connectivity index (χ0) is 22.5. The molecule has 1 heterocycles. The Kier molecular flexibility index (Phi) is 5.77. The van der Waals surface area contributed by atoms with Crippen LogP contribution in [0.1, 0.15) is 94.1 Å². The van der Waals surface area contributed by atoms with Gasteiger partial charge in [0.25, 0.3) is 0 Å². The molecule has 2 aliphatic rings. The normalized spacial score (nSPS) is 25.5. The van der Waals surface area contributed by atoms with E-state index in [9.17, 15) is 14.1 Å². The van der Waals surface area contributed by atoms with E-state index in [-0.39, 0.29) is 28.8 Å². The number of para-hydroxylation sites is 1. The zero-order valence-electron chi connectivity index (χ0n) is 18.8. The molecule has 4 atom stereocenters. The number of carbonyl (C=O) groups excluding carboxylic acids is 1. The highest BCUT2D eigenvalue weighted by Crippen LogP contribution is 2.54. The minimum atomic E-state index is -1.86. The Hall–Kier alpha value is -2.12. The smallest absolute Gasteiger partial charge is 0.331 e. The Morgan fingerprint density at radius 1 is 1.19 bits per heavy atom. The molecule has 1 fully saturated rings. The van der Waals surface area contributed by atoms with Crippen LogP contribution in [0.25, 0.3) is 0 Å². The van der Waals surface area contributed by atoms with Gasteiger partial charge in [-0.1, -0.05) is 45.9 Å². The van der Waals surface area contributed by atoms with Gasteiger partial charge in [0.15, 0.2) is 11.0 Å². The molecule has 0 aliphatic heterocycles. The molecule has 1 aromatic carbocycles. The summed E-state index contributed by atoms with van der Waals surface area (Å²) < 4.78 is 21.3. The number of carbonyl (C=O) groups is 1. The van der Waals surface area contributed by atoms with E-state index in [2.05, 4.69) is 37.7 Å². The highest BCUT2D eigenvalue weighted by atomic mass is 32.2. The van der Waals surface area contributed by atoms with Crippen LogP contribution in [-0.4, -0.2) is 15.3 Å². The van der Waals surface area contributed by atoms with E-state index in [0.29, 0.717) is 5.56 Å². The maximum absolute atomic E-state index is 12.9.